The average molecular weight is 325 g/mol. The smallest absolute Gasteiger partial charge is 0.333 e. The van der Waals surface area contributed by atoms with Crippen LogP contribution in [0.25, 0.3) is 11.0 Å². The second kappa shape index (κ2) is 5.55. The summed E-state index contributed by atoms with van der Waals surface area (Å²) in [4.78, 5) is 44.7. The van der Waals surface area contributed by atoms with Crippen LogP contribution in [0.15, 0.2) is 29.3 Å². The van der Waals surface area contributed by atoms with E-state index in [1.807, 2.05) is 24.3 Å². The number of aliphatic imine (C=N–C) groups is 1. The number of carbonyl (C=O) groups is 3. The van der Waals surface area contributed by atoms with Gasteiger partial charge in [-0.3, -0.25) is 14.9 Å². The Morgan fingerprint density at radius 3 is 2.83 bits per heavy atom. The van der Waals surface area contributed by atoms with Gasteiger partial charge >= 0.3 is 6.03 Å². The summed E-state index contributed by atoms with van der Waals surface area (Å²) in [5.74, 6) is 0.290. The second-order valence-electron chi connectivity index (χ2n) is 5.80. The first-order chi connectivity index (χ1) is 11.6. The molecule has 2 aliphatic rings. The van der Waals surface area contributed by atoms with Gasteiger partial charge in [-0.05, 0) is 12.1 Å². The van der Waals surface area contributed by atoms with E-state index in [2.05, 4.69) is 19.9 Å². The average Bonchev–Trinajstić information content (AvgIpc) is 3.11. The first-order valence-electron chi connectivity index (χ1n) is 7.76. The van der Waals surface area contributed by atoms with Crippen LogP contribution in [0, 0.1) is 0 Å². The number of imide groups is 1. The van der Waals surface area contributed by atoms with Crippen LogP contribution in [0.1, 0.15) is 18.7 Å². The summed E-state index contributed by atoms with van der Waals surface area (Å²) in [5.41, 5.74) is 2.13. The van der Waals surface area contributed by atoms with Crippen molar-refractivity contribution in [1.29, 1.82) is 0 Å². The number of fused-ring (bicyclic) bond motifs is 3. The van der Waals surface area contributed by atoms with E-state index in [9.17, 15) is 14.4 Å². The summed E-state index contributed by atoms with van der Waals surface area (Å²) < 4.78 is 2.13. The SMILES string of the molecule is O=C1N=C(CCC(=O)N2CCn3c(nc4ccccc43)C2)C(=O)N1. The van der Waals surface area contributed by atoms with E-state index in [1.165, 1.54) is 0 Å². The molecular formula is C16H15N5O3. The number of imidazole rings is 1. The molecule has 24 heavy (non-hydrogen) atoms. The zero-order valence-electron chi connectivity index (χ0n) is 12.9. The zero-order valence-corrected chi connectivity index (χ0v) is 12.9. The lowest BCUT2D eigenvalue weighted by Gasteiger charge is -2.28. The van der Waals surface area contributed by atoms with Crippen LogP contribution < -0.4 is 5.32 Å². The number of benzene rings is 1. The van der Waals surface area contributed by atoms with Gasteiger partial charge in [0, 0.05) is 25.9 Å². The summed E-state index contributed by atoms with van der Waals surface area (Å²) >= 11 is 0. The van der Waals surface area contributed by atoms with E-state index in [0.29, 0.717) is 19.6 Å². The maximum absolute atomic E-state index is 12.4. The first-order valence-corrected chi connectivity index (χ1v) is 7.76. The topological polar surface area (TPSA) is 96.7 Å². The van der Waals surface area contributed by atoms with Gasteiger partial charge in [0.2, 0.25) is 5.91 Å². The Bertz CT molecular complexity index is 898. The highest BCUT2D eigenvalue weighted by Gasteiger charge is 2.26. The molecule has 0 bridgehead atoms. The van der Waals surface area contributed by atoms with Gasteiger partial charge in [-0.15, -0.1) is 0 Å². The van der Waals surface area contributed by atoms with E-state index >= 15 is 0 Å². The van der Waals surface area contributed by atoms with Gasteiger partial charge < -0.3 is 9.47 Å². The number of carbonyl (C=O) groups excluding carboxylic acids is 3. The largest absolute Gasteiger partial charge is 0.348 e. The van der Waals surface area contributed by atoms with Crippen LogP contribution in [0.5, 0.6) is 0 Å². The van der Waals surface area contributed by atoms with Crippen LogP contribution in [0.2, 0.25) is 0 Å². The Morgan fingerprint density at radius 2 is 2.04 bits per heavy atom. The fourth-order valence-corrected chi connectivity index (χ4v) is 3.10. The minimum Gasteiger partial charge on any atom is -0.333 e. The molecule has 0 unspecified atom stereocenters. The third kappa shape index (κ3) is 2.45. The van der Waals surface area contributed by atoms with Crippen LogP contribution in [-0.4, -0.2) is 44.6 Å². The predicted octanol–water partition coefficient (Wildman–Crippen LogP) is 0.849. The number of urea groups is 1. The number of nitrogens with zero attached hydrogens (tertiary/aromatic N) is 4. The molecular weight excluding hydrogens is 310 g/mol. The highest BCUT2D eigenvalue weighted by Crippen LogP contribution is 2.21. The molecule has 1 aromatic heterocycles. The highest BCUT2D eigenvalue weighted by atomic mass is 16.2. The normalized spacial score (nSPS) is 17.0. The lowest BCUT2D eigenvalue weighted by molar-refractivity contribution is -0.132. The molecule has 2 aromatic rings. The molecule has 0 saturated carbocycles. The van der Waals surface area contributed by atoms with Crippen molar-refractivity contribution < 1.29 is 14.4 Å². The van der Waals surface area contributed by atoms with Crippen LogP contribution in [0.4, 0.5) is 4.79 Å². The summed E-state index contributed by atoms with van der Waals surface area (Å²) in [6, 6.07) is 7.24. The van der Waals surface area contributed by atoms with Crippen molar-refractivity contribution in [1.82, 2.24) is 19.8 Å². The summed E-state index contributed by atoms with van der Waals surface area (Å²) in [7, 11) is 0. The van der Waals surface area contributed by atoms with Crippen LogP contribution in [-0.2, 0) is 22.7 Å². The van der Waals surface area contributed by atoms with E-state index in [0.717, 1.165) is 16.9 Å². The molecule has 4 rings (SSSR count). The summed E-state index contributed by atoms with van der Waals surface area (Å²) in [5, 5.41) is 2.08. The minimum atomic E-state index is -0.658. The fourth-order valence-electron chi connectivity index (χ4n) is 3.10. The van der Waals surface area contributed by atoms with Crippen molar-refractivity contribution >= 4 is 34.6 Å². The third-order valence-corrected chi connectivity index (χ3v) is 4.31. The Balaban J connectivity index is 1.44. The number of aromatic nitrogens is 2. The van der Waals surface area contributed by atoms with Crippen LogP contribution >= 0.6 is 0 Å². The number of amides is 4. The highest BCUT2D eigenvalue weighted by molar-refractivity contribution is 6.46. The Labute approximate surface area is 137 Å². The third-order valence-electron chi connectivity index (χ3n) is 4.31. The lowest BCUT2D eigenvalue weighted by atomic mass is 10.2. The van der Waals surface area contributed by atoms with E-state index < -0.39 is 11.9 Å². The maximum atomic E-state index is 12.4. The van der Waals surface area contributed by atoms with Gasteiger partial charge in [0.25, 0.3) is 5.91 Å². The summed E-state index contributed by atoms with van der Waals surface area (Å²) in [6.07, 6.45) is 0.323. The van der Waals surface area contributed by atoms with Crippen molar-refractivity contribution in [2.45, 2.75) is 25.9 Å². The number of para-hydroxylation sites is 2. The molecule has 122 valence electrons. The molecule has 1 aromatic carbocycles. The lowest BCUT2D eigenvalue weighted by Crippen LogP contribution is -2.38. The quantitative estimate of drug-likeness (QED) is 0.904. The maximum Gasteiger partial charge on any atom is 0.348 e. The molecule has 3 heterocycles. The molecule has 1 N–H and O–H groups in total. The monoisotopic (exact) mass is 325 g/mol. The number of hydrogen-bond donors (Lipinski definition) is 1. The van der Waals surface area contributed by atoms with Gasteiger partial charge in [0.15, 0.2) is 0 Å². The van der Waals surface area contributed by atoms with Crippen molar-refractivity contribution in [3.05, 3.63) is 30.1 Å². The van der Waals surface area contributed by atoms with Gasteiger partial charge in [-0.25, -0.2) is 9.78 Å². The zero-order chi connectivity index (χ0) is 16.7. The Kier molecular flexibility index (Phi) is 3.37. The van der Waals surface area contributed by atoms with Crippen molar-refractivity contribution in [2.75, 3.05) is 6.54 Å². The Hall–Kier alpha value is -3.03. The van der Waals surface area contributed by atoms with Gasteiger partial charge in [0.05, 0.1) is 17.6 Å². The molecule has 2 aliphatic heterocycles. The first kappa shape index (κ1) is 14.6. The second-order valence-corrected chi connectivity index (χ2v) is 5.80. The number of nitrogens with one attached hydrogen (secondary N) is 1. The van der Waals surface area contributed by atoms with E-state index in [4.69, 9.17) is 0 Å². The van der Waals surface area contributed by atoms with Crippen molar-refractivity contribution in [3.63, 3.8) is 0 Å². The van der Waals surface area contributed by atoms with Crippen molar-refractivity contribution in [2.24, 2.45) is 4.99 Å². The van der Waals surface area contributed by atoms with Crippen LogP contribution in [0.3, 0.4) is 0 Å². The fraction of sp³-hybridized carbons (Fsp3) is 0.312. The standard InChI is InChI=1S/C16H15N5O3/c22-14(6-5-11-15(23)19-16(24)18-11)20-7-8-21-12-4-2-1-3-10(12)17-13(21)9-20/h1-4H,5-9H2,(H,19,23,24). The number of hydrogen-bond acceptors (Lipinski definition) is 4. The predicted molar refractivity (Wildman–Crippen MR) is 85.4 cm³/mol. The van der Waals surface area contributed by atoms with E-state index in [-0.39, 0.29) is 24.5 Å². The van der Waals surface area contributed by atoms with Crippen molar-refractivity contribution in [3.8, 4) is 0 Å². The van der Waals surface area contributed by atoms with Gasteiger partial charge in [-0.1, -0.05) is 12.1 Å². The molecule has 4 amide bonds. The Morgan fingerprint density at radius 1 is 1.21 bits per heavy atom. The molecule has 0 atom stereocenters. The molecule has 0 aliphatic carbocycles. The van der Waals surface area contributed by atoms with E-state index in [1.54, 1.807) is 4.90 Å². The molecule has 0 saturated heterocycles. The minimum absolute atomic E-state index is 0.0665. The van der Waals surface area contributed by atoms with Gasteiger partial charge in [0.1, 0.15) is 11.5 Å². The van der Waals surface area contributed by atoms with Gasteiger partial charge in [-0.2, -0.15) is 4.99 Å². The molecule has 8 heteroatoms. The molecule has 0 spiro atoms. The number of rotatable bonds is 3. The summed E-state index contributed by atoms with van der Waals surface area (Å²) in [6.45, 7) is 1.75. The molecule has 0 fully saturated rings. The molecule has 0 radical (unpaired) electrons. The molecule has 8 nitrogen and oxygen atoms in total.